The van der Waals surface area contributed by atoms with Gasteiger partial charge < -0.3 is 60.3 Å². The number of amides is 4. The van der Waals surface area contributed by atoms with Crippen molar-refractivity contribution in [2.45, 2.75) is 95.5 Å². The summed E-state index contributed by atoms with van der Waals surface area (Å²) in [5.74, 6) is 6.09. The number of nitrogens with two attached hydrogens (primary N) is 1. The number of carbonyl (C=O) groups is 9. The molecule has 113 heavy (non-hydrogen) atoms. The van der Waals surface area contributed by atoms with E-state index in [2.05, 4.69) is 32.0 Å². The zero-order chi connectivity index (χ0) is 81.3. The van der Waals surface area contributed by atoms with Crippen molar-refractivity contribution in [3.05, 3.63) is 182 Å². The lowest BCUT2D eigenvalue weighted by atomic mass is 10.1. The maximum absolute atomic E-state index is 12.3. The number of cyclic esters (lactones) is 4. The van der Waals surface area contributed by atoms with E-state index < -0.39 is 6.09 Å². The van der Waals surface area contributed by atoms with Crippen LogP contribution in [0.25, 0.3) is 0 Å². The van der Waals surface area contributed by atoms with Crippen molar-refractivity contribution >= 4 is 191 Å². The average Bonchev–Trinajstić information content (AvgIpc) is 1.71. The van der Waals surface area contributed by atoms with Crippen LogP contribution in [0.5, 0.6) is 0 Å². The first-order valence-electron chi connectivity index (χ1n) is 36.8. The monoisotopic (exact) mass is 1700 g/mol. The zero-order valence-corrected chi connectivity index (χ0v) is 69.9. The number of aldehydes is 1. The van der Waals surface area contributed by atoms with Gasteiger partial charge in [0.1, 0.15) is 30.7 Å². The van der Waals surface area contributed by atoms with Crippen molar-refractivity contribution in [1.82, 2.24) is 21.4 Å². The number of nitrogens with zero attached hydrogens (tertiary/aromatic N) is 6. The molecule has 4 amide bonds. The van der Waals surface area contributed by atoms with Gasteiger partial charge in [0, 0.05) is 120 Å². The molecule has 4 aromatic carbocycles. The first kappa shape index (κ1) is 89.8. The number of halogens is 4. The van der Waals surface area contributed by atoms with E-state index in [0.717, 1.165) is 90.9 Å². The standard InChI is InChI=1S/C20H25ClN4O3S.C19H23ClN4O3S.C19H22ClN3O3S.C17H17ClN2O3S.C4H8O/c1-22-11-12-25(23-2)15-5-3-14(4-6-15)24-13-16(28-20(24)27)7-8-17(26)18-9-10-19(21)29-18;1-22-10-11-24(21)14-4-2-13(3-5-14)23-12-15(27-19(23)26)6-7-16(25)17-8-9-18(20)28-17;1-21-10-11-22-13-2-4-14(5-3-13)23-12-15(26-19(23)25)6-7-16(24)17-8-9-18(20)27-17;1-19-11-2-4-12(5-3-11)20-10-13(23-17(20)22)6-7-14(21)15-8-9-16(18)24-15;1-2-3-4-5/h3-6,9-10,16,22-23H,7-8,11-13H2,1-2H3;2-5,8-9,15,22H,6-7,10-12,21H2,1H3;2-5,8-9,15,21-22H,6-7,10-12H2,1H3;2-5,8-9,13,19H,6-7,10H2,1H3;4H,2-3H2,1H3/t16-;2*15-;;/m000../s1. The molecule has 8 heterocycles. The minimum atomic E-state index is -0.399. The number of thiophene rings is 4. The molecule has 4 fully saturated rings. The Bertz CT molecular complexity index is 4380. The van der Waals surface area contributed by atoms with Gasteiger partial charge in [0.2, 0.25) is 0 Å². The second kappa shape index (κ2) is 46.6. The Hall–Kier alpha value is -8.73. The van der Waals surface area contributed by atoms with E-state index >= 15 is 0 Å². The zero-order valence-electron chi connectivity index (χ0n) is 63.6. The number of anilines is 8. The number of rotatable bonds is 36. The van der Waals surface area contributed by atoms with Crippen LogP contribution in [0.2, 0.25) is 17.3 Å². The molecule has 8 N–H and O–H groups in total. The molecule has 0 spiro atoms. The number of unbranched alkanes of at least 4 members (excludes halogenated alkanes) is 1. The van der Waals surface area contributed by atoms with E-state index in [0.29, 0.717) is 127 Å². The SMILES string of the molecule is CCCC=O.CNCCN(N)c1ccc(N2C[C@H](CCC(=O)c3ccc(Cl)s3)OC2=O)cc1.CNCCN(NC)c1ccc(N2C[C@H](CCC(=O)c3ccc(Cl)s3)OC2=O)cc1.CNCCNc1ccc(N2C[C@H](CCC(=O)c3ccc(Cl)s3)OC2=O)cc1.CNc1ccc(N2CC(CCC(=O)c3ccc(Cl)s3)OC2=O)cc1. The van der Waals surface area contributed by atoms with Gasteiger partial charge in [-0.3, -0.25) is 38.8 Å². The summed E-state index contributed by atoms with van der Waals surface area (Å²) in [7, 11) is 9.40. The van der Waals surface area contributed by atoms with Gasteiger partial charge in [0.05, 0.1) is 74.4 Å². The van der Waals surface area contributed by atoms with Crippen molar-refractivity contribution < 1.29 is 62.1 Å². The molecule has 34 heteroatoms. The second-order valence-corrected chi connectivity index (χ2v) is 32.7. The molecule has 4 aliphatic rings. The fraction of sp³-hybridized carbons (Fsp3) is 0.380. The van der Waals surface area contributed by atoms with E-state index in [9.17, 15) is 43.2 Å². The highest BCUT2D eigenvalue weighted by Gasteiger charge is 2.37. The number of hydrazine groups is 2. The van der Waals surface area contributed by atoms with Gasteiger partial charge >= 0.3 is 24.4 Å². The van der Waals surface area contributed by atoms with Gasteiger partial charge in [-0.25, -0.2) is 30.4 Å². The summed E-state index contributed by atoms with van der Waals surface area (Å²) < 4.78 is 24.0. The van der Waals surface area contributed by atoms with Gasteiger partial charge in [-0.15, -0.1) is 45.3 Å². The van der Waals surface area contributed by atoms with Gasteiger partial charge in [-0.2, -0.15) is 0 Å². The first-order chi connectivity index (χ1) is 54.5. The number of benzene rings is 4. The Morgan fingerprint density at radius 3 is 1.02 bits per heavy atom. The van der Waals surface area contributed by atoms with Crippen LogP contribution >= 0.6 is 91.8 Å². The van der Waals surface area contributed by atoms with Gasteiger partial charge in [0.25, 0.3) is 0 Å². The highest BCUT2D eigenvalue weighted by Crippen LogP contribution is 2.34. The summed E-state index contributed by atoms with van der Waals surface area (Å²) in [5, 5.41) is 19.2. The van der Waals surface area contributed by atoms with Gasteiger partial charge in [0.15, 0.2) is 23.1 Å². The number of hydrogen-bond acceptors (Lipinski definition) is 26. The lowest BCUT2D eigenvalue weighted by molar-refractivity contribution is -0.107. The van der Waals surface area contributed by atoms with E-state index in [-0.39, 0.29) is 65.8 Å². The lowest BCUT2D eigenvalue weighted by Gasteiger charge is -2.24. The Balaban J connectivity index is 0.000000185. The fourth-order valence-corrected chi connectivity index (χ4v) is 15.7. The summed E-state index contributed by atoms with van der Waals surface area (Å²) in [6.45, 7) is 8.54. The molecule has 606 valence electrons. The molecule has 12 rings (SSSR count). The third-order valence-corrected chi connectivity index (χ3v) is 22.9. The predicted octanol–water partition coefficient (Wildman–Crippen LogP) is 16.3. The van der Waals surface area contributed by atoms with Crippen LogP contribution in [-0.4, -0.2) is 179 Å². The van der Waals surface area contributed by atoms with Crippen LogP contribution in [0.15, 0.2) is 146 Å². The average molecular weight is 1700 g/mol. The molecular formula is C79H95Cl4N13O13S4. The minimum Gasteiger partial charge on any atom is -0.444 e. The Kier molecular flexibility index (Phi) is 37.0. The van der Waals surface area contributed by atoms with E-state index in [4.69, 9.17) is 71.2 Å². The maximum Gasteiger partial charge on any atom is 0.414 e. The largest absolute Gasteiger partial charge is 0.444 e. The van der Waals surface area contributed by atoms with E-state index in [1.165, 1.54) is 45.3 Å². The fourth-order valence-electron chi connectivity index (χ4n) is 11.7. The molecule has 4 aliphatic heterocycles. The van der Waals surface area contributed by atoms with Crippen LogP contribution < -0.4 is 67.5 Å². The summed E-state index contributed by atoms with van der Waals surface area (Å²) >= 11 is 28.5. The van der Waals surface area contributed by atoms with E-state index in [1.807, 2.05) is 144 Å². The number of nitrogens with one attached hydrogen (secondary N) is 6. The van der Waals surface area contributed by atoms with Gasteiger partial charge in [-0.05, 0) is 199 Å². The molecule has 0 radical (unpaired) electrons. The van der Waals surface area contributed by atoms with Crippen LogP contribution in [0.1, 0.15) is 110 Å². The minimum absolute atomic E-state index is 0.0142. The third-order valence-electron chi connectivity index (χ3n) is 17.8. The third kappa shape index (κ3) is 28.1. The van der Waals surface area contributed by atoms with Crippen molar-refractivity contribution in [2.75, 3.05) is 141 Å². The number of ketones is 4. The van der Waals surface area contributed by atoms with Gasteiger partial charge in [-0.1, -0.05) is 53.3 Å². The Morgan fingerprint density at radius 2 is 0.743 bits per heavy atom. The van der Waals surface area contributed by atoms with Crippen LogP contribution in [0.4, 0.5) is 64.7 Å². The quantitative estimate of drug-likeness (QED) is 0.00479. The topological polar surface area (TPSA) is 308 Å². The van der Waals surface area contributed by atoms with Crippen LogP contribution in [-0.2, 0) is 23.7 Å². The van der Waals surface area contributed by atoms with Crippen molar-refractivity contribution in [2.24, 2.45) is 5.84 Å². The molecule has 0 aliphatic carbocycles. The predicted molar refractivity (Wildman–Crippen MR) is 457 cm³/mol. The number of Topliss-reactive ketones (excluding diaryl/α,β-unsaturated/α-hetero) is 4. The lowest BCUT2D eigenvalue weighted by Crippen LogP contribution is -2.39. The van der Waals surface area contributed by atoms with Crippen LogP contribution in [0.3, 0.4) is 0 Å². The maximum atomic E-state index is 12.3. The molecule has 1 unspecified atom stereocenters. The van der Waals surface area contributed by atoms with Crippen molar-refractivity contribution in [3.63, 3.8) is 0 Å². The van der Waals surface area contributed by atoms with E-state index in [1.54, 1.807) is 73.1 Å². The Labute approximate surface area is 694 Å². The Morgan fingerprint density at radius 1 is 0.434 bits per heavy atom. The number of ether oxygens (including phenoxy) is 4. The normalized spacial score (nSPS) is 16.1. The number of hydrogen-bond donors (Lipinski definition) is 7. The smallest absolute Gasteiger partial charge is 0.414 e. The highest BCUT2D eigenvalue weighted by molar-refractivity contribution is 7.19. The molecular weight excluding hydrogens is 1610 g/mol. The molecule has 0 saturated carbocycles. The second-order valence-electron chi connectivity index (χ2n) is 25.9. The number of carbonyl (C=O) groups excluding carboxylic acids is 9. The van der Waals surface area contributed by atoms with Crippen LogP contribution in [0, 0.1) is 0 Å². The summed E-state index contributed by atoms with van der Waals surface area (Å²) in [6.07, 6.45) is 3.20. The summed E-state index contributed by atoms with van der Waals surface area (Å²) in [5.41, 5.74) is 10.1. The molecule has 26 nitrogen and oxygen atoms in total. The number of likely N-dealkylation sites (N-methyl/N-ethyl adjacent to an activating group) is 3. The molecule has 4 saturated heterocycles. The molecule has 0 bridgehead atoms. The van der Waals surface area contributed by atoms with Crippen molar-refractivity contribution in [1.29, 1.82) is 0 Å². The summed E-state index contributed by atoms with van der Waals surface area (Å²) in [4.78, 5) is 116. The molecule has 8 aromatic rings. The highest BCUT2D eigenvalue weighted by atomic mass is 35.5. The summed E-state index contributed by atoms with van der Waals surface area (Å²) in [6, 6.07) is 44.1. The molecule has 4 atom stereocenters. The van der Waals surface area contributed by atoms with Crippen molar-refractivity contribution in [3.8, 4) is 0 Å². The first-order valence-corrected chi connectivity index (χ1v) is 41.5. The molecule has 4 aromatic heterocycles.